The molecule has 1 aliphatic heterocycles. The molecular weight excluding hydrogens is 338 g/mol. The Labute approximate surface area is 150 Å². The molecule has 0 saturated carbocycles. The van der Waals surface area contributed by atoms with Crippen LogP contribution in [0.5, 0.6) is 0 Å². The molecule has 0 aliphatic carbocycles. The van der Waals surface area contributed by atoms with Crippen molar-refractivity contribution in [2.75, 3.05) is 19.6 Å². The number of amides is 1. The van der Waals surface area contributed by atoms with Crippen LogP contribution in [0.4, 0.5) is 0 Å². The molecule has 0 atom stereocenters. The van der Waals surface area contributed by atoms with Crippen LogP contribution in [-0.2, 0) is 14.8 Å². The van der Waals surface area contributed by atoms with Crippen LogP contribution in [0, 0.1) is 5.92 Å². The van der Waals surface area contributed by atoms with Gasteiger partial charge in [0.2, 0.25) is 5.91 Å². The fourth-order valence-corrected chi connectivity index (χ4v) is 4.19. The maximum Gasteiger partial charge on any atom is 0.263 e. The number of amidine groups is 1. The van der Waals surface area contributed by atoms with E-state index in [1.165, 1.54) is 0 Å². The van der Waals surface area contributed by atoms with Gasteiger partial charge >= 0.3 is 0 Å². The molecule has 138 valence electrons. The number of carbonyl (C=O) groups excluding carboxylic acids is 1. The molecule has 0 radical (unpaired) electrons. The fourth-order valence-electron chi connectivity index (χ4n) is 2.94. The maximum absolute atomic E-state index is 12.4. The summed E-state index contributed by atoms with van der Waals surface area (Å²) >= 11 is 0. The third-order valence-corrected chi connectivity index (χ3v) is 6.02. The van der Waals surface area contributed by atoms with Gasteiger partial charge in [-0.2, -0.15) is 0 Å². The summed E-state index contributed by atoms with van der Waals surface area (Å²) in [6.45, 7) is 7.98. The quantitative estimate of drug-likeness (QED) is 0.768. The number of carbonyl (C=O) groups is 1. The van der Waals surface area contributed by atoms with Crippen molar-refractivity contribution in [1.29, 1.82) is 0 Å². The molecule has 1 aliphatic rings. The van der Waals surface area contributed by atoms with Crippen LogP contribution in [0.25, 0.3) is 0 Å². The number of nitrogens with zero attached hydrogens (tertiary/aromatic N) is 2. The highest BCUT2D eigenvalue weighted by Crippen LogP contribution is 2.22. The molecule has 6 nitrogen and oxygen atoms in total. The lowest BCUT2D eigenvalue weighted by molar-refractivity contribution is -0.131. The van der Waals surface area contributed by atoms with E-state index in [1.54, 1.807) is 24.3 Å². The Kier molecular flexibility index (Phi) is 6.58. The minimum Gasteiger partial charge on any atom is -0.343 e. The van der Waals surface area contributed by atoms with Crippen molar-refractivity contribution in [1.82, 2.24) is 9.62 Å². The normalized spacial score (nSPS) is 16.7. The molecule has 2 rings (SSSR count). The third kappa shape index (κ3) is 4.60. The summed E-state index contributed by atoms with van der Waals surface area (Å²) in [7, 11) is -3.53. The van der Waals surface area contributed by atoms with E-state index >= 15 is 0 Å². The number of benzene rings is 1. The largest absolute Gasteiger partial charge is 0.343 e. The Hall–Kier alpha value is -1.89. The number of hydrogen-bond acceptors (Lipinski definition) is 4. The minimum absolute atomic E-state index is 0.0629. The Morgan fingerprint density at radius 1 is 1.20 bits per heavy atom. The minimum atomic E-state index is -3.53. The first kappa shape index (κ1) is 19.4. The molecule has 0 unspecified atom stereocenters. The highest BCUT2D eigenvalue weighted by Gasteiger charge is 2.30. The van der Waals surface area contributed by atoms with Crippen LogP contribution in [0.1, 0.15) is 45.6 Å². The summed E-state index contributed by atoms with van der Waals surface area (Å²) in [5, 5.41) is 0. The molecular formula is C18H27N3O3S. The molecule has 1 aromatic carbocycles. The van der Waals surface area contributed by atoms with E-state index in [-0.39, 0.29) is 23.8 Å². The van der Waals surface area contributed by atoms with E-state index in [2.05, 4.69) is 23.6 Å². The zero-order chi connectivity index (χ0) is 18.4. The number of aliphatic imine (C=N–C) groups is 1. The standard InChI is InChI=1S/C18H27N3O3S/c1-4-14(5-2)13-21(6-3)17(22)11-12-19-18-15-9-7-8-10-16(15)25(23,24)20-18/h7-10,14H,4-6,11-13H2,1-3H3,(H,19,20). The topological polar surface area (TPSA) is 78.8 Å². The molecule has 25 heavy (non-hydrogen) atoms. The lowest BCUT2D eigenvalue weighted by Crippen LogP contribution is -2.35. The van der Waals surface area contributed by atoms with Crippen LogP contribution >= 0.6 is 0 Å². The number of hydrogen-bond donors (Lipinski definition) is 1. The molecule has 1 aromatic rings. The maximum atomic E-state index is 12.4. The van der Waals surface area contributed by atoms with E-state index in [1.807, 2.05) is 11.8 Å². The Morgan fingerprint density at radius 2 is 1.88 bits per heavy atom. The summed E-state index contributed by atoms with van der Waals surface area (Å²) in [6.07, 6.45) is 2.39. The smallest absolute Gasteiger partial charge is 0.263 e. The van der Waals surface area contributed by atoms with Gasteiger partial charge in [-0.1, -0.05) is 38.8 Å². The van der Waals surface area contributed by atoms with Crippen LogP contribution in [0.15, 0.2) is 34.2 Å². The lowest BCUT2D eigenvalue weighted by atomic mass is 10.0. The second kappa shape index (κ2) is 8.47. The van der Waals surface area contributed by atoms with Gasteiger partial charge in [-0.05, 0) is 25.0 Å². The third-order valence-electron chi connectivity index (χ3n) is 4.63. The van der Waals surface area contributed by atoms with Gasteiger partial charge in [-0.15, -0.1) is 0 Å². The van der Waals surface area contributed by atoms with Gasteiger partial charge in [0.15, 0.2) is 0 Å². The average molecular weight is 365 g/mol. The number of nitrogens with one attached hydrogen (secondary N) is 1. The molecule has 0 aromatic heterocycles. The van der Waals surface area contributed by atoms with Crippen molar-refractivity contribution < 1.29 is 13.2 Å². The van der Waals surface area contributed by atoms with Crippen molar-refractivity contribution in [3.05, 3.63) is 29.8 Å². The number of sulfonamides is 1. The Morgan fingerprint density at radius 3 is 2.52 bits per heavy atom. The van der Waals surface area contributed by atoms with E-state index < -0.39 is 10.0 Å². The second-order valence-electron chi connectivity index (χ2n) is 6.20. The van der Waals surface area contributed by atoms with Gasteiger partial charge in [0, 0.05) is 25.1 Å². The van der Waals surface area contributed by atoms with Crippen LogP contribution in [0.3, 0.4) is 0 Å². The average Bonchev–Trinajstić information content (AvgIpc) is 2.87. The van der Waals surface area contributed by atoms with Gasteiger partial charge in [0.25, 0.3) is 10.0 Å². The fraction of sp³-hybridized carbons (Fsp3) is 0.556. The zero-order valence-corrected chi connectivity index (χ0v) is 16.0. The highest BCUT2D eigenvalue weighted by molar-refractivity contribution is 7.90. The van der Waals surface area contributed by atoms with Crippen LogP contribution in [0.2, 0.25) is 0 Å². The van der Waals surface area contributed by atoms with Crippen LogP contribution < -0.4 is 4.72 Å². The van der Waals surface area contributed by atoms with Gasteiger partial charge in [-0.3, -0.25) is 14.5 Å². The van der Waals surface area contributed by atoms with Gasteiger partial charge < -0.3 is 4.90 Å². The molecule has 1 heterocycles. The van der Waals surface area contributed by atoms with Crippen molar-refractivity contribution in [2.24, 2.45) is 10.9 Å². The number of fused-ring (bicyclic) bond motifs is 1. The van der Waals surface area contributed by atoms with Crippen LogP contribution in [-0.4, -0.2) is 44.7 Å². The van der Waals surface area contributed by atoms with Gasteiger partial charge in [-0.25, -0.2) is 8.42 Å². The predicted octanol–water partition coefficient (Wildman–Crippen LogP) is 2.40. The second-order valence-corrected chi connectivity index (χ2v) is 7.85. The van der Waals surface area contributed by atoms with E-state index in [0.717, 1.165) is 19.4 Å². The van der Waals surface area contributed by atoms with Gasteiger partial charge in [0.1, 0.15) is 5.84 Å². The van der Waals surface area contributed by atoms with E-state index in [9.17, 15) is 13.2 Å². The van der Waals surface area contributed by atoms with E-state index in [0.29, 0.717) is 23.9 Å². The summed E-state index contributed by atoms with van der Waals surface area (Å²) in [6, 6.07) is 6.73. The molecule has 0 bridgehead atoms. The molecule has 0 saturated heterocycles. The number of rotatable bonds is 8. The van der Waals surface area contributed by atoms with Gasteiger partial charge in [0.05, 0.1) is 11.4 Å². The predicted molar refractivity (Wildman–Crippen MR) is 99.1 cm³/mol. The van der Waals surface area contributed by atoms with E-state index in [4.69, 9.17) is 0 Å². The van der Waals surface area contributed by atoms with Crippen molar-refractivity contribution in [3.63, 3.8) is 0 Å². The summed E-state index contributed by atoms with van der Waals surface area (Å²) in [4.78, 5) is 18.8. The monoisotopic (exact) mass is 365 g/mol. The Bertz CT molecular complexity index is 740. The Balaban J connectivity index is 2.00. The molecule has 0 spiro atoms. The lowest BCUT2D eigenvalue weighted by Gasteiger charge is -2.25. The zero-order valence-electron chi connectivity index (χ0n) is 15.2. The summed E-state index contributed by atoms with van der Waals surface area (Å²) in [5.41, 5.74) is 0.569. The first-order valence-electron chi connectivity index (χ1n) is 8.87. The molecule has 1 N–H and O–H groups in total. The SMILES string of the molecule is CCC(CC)CN(CC)C(=O)CCN=C1NS(=O)(=O)c2ccccc21. The van der Waals surface area contributed by atoms with Crippen molar-refractivity contribution in [2.45, 2.75) is 44.9 Å². The van der Waals surface area contributed by atoms with Crippen molar-refractivity contribution in [3.8, 4) is 0 Å². The molecule has 0 fully saturated rings. The summed E-state index contributed by atoms with van der Waals surface area (Å²) in [5.74, 6) is 0.906. The summed E-state index contributed by atoms with van der Waals surface area (Å²) < 4.78 is 26.5. The highest BCUT2D eigenvalue weighted by atomic mass is 32.2. The first-order valence-corrected chi connectivity index (χ1v) is 10.4. The molecule has 7 heteroatoms. The first-order chi connectivity index (χ1) is 11.9. The molecule has 1 amide bonds. The van der Waals surface area contributed by atoms with Crippen molar-refractivity contribution >= 4 is 21.8 Å².